The molecule has 0 spiro atoms. The number of hydrogen-bond donors (Lipinski definition) is 3. The third-order valence-corrected chi connectivity index (χ3v) is 7.97. The molecule has 0 bridgehead atoms. The van der Waals surface area contributed by atoms with Gasteiger partial charge in [-0.3, -0.25) is 0 Å². The van der Waals surface area contributed by atoms with Crippen molar-refractivity contribution in [3.63, 3.8) is 0 Å². The molecule has 2 aromatic carbocycles. The molecular weight excluding hydrogens is 530 g/mol. The molecule has 41 heavy (non-hydrogen) atoms. The lowest BCUT2D eigenvalue weighted by Gasteiger charge is -2.49. The highest BCUT2D eigenvalue weighted by molar-refractivity contribution is 5.67. The first-order chi connectivity index (χ1) is 19.8. The summed E-state index contributed by atoms with van der Waals surface area (Å²) in [7, 11) is 0. The molecule has 3 N–H and O–H groups in total. The van der Waals surface area contributed by atoms with Gasteiger partial charge in [-0.15, -0.1) is 0 Å². The third-order valence-electron chi connectivity index (χ3n) is 7.97. The summed E-state index contributed by atoms with van der Waals surface area (Å²) in [6.45, 7) is 2.19. The van der Waals surface area contributed by atoms with E-state index >= 15 is 0 Å². The molecule has 218 valence electrons. The van der Waals surface area contributed by atoms with Gasteiger partial charge in [-0.05, 0) is 40.9 Å². The van der Waals surface area contributed by atoms with Crippen LogP contribution in [0.3, 0.4) is 0 Å². The molecule has 4 rings (SSSR count). The maximum absolute atomic E-state index is 13.3. The molecule has 0 radical (unpaired) electrons. The van der Waals surface area contributed by atoms with Crippen LogP contribution >= 0.6 is 0 Å². The van der Waals surface area contributed by atoms with Gasteiger partial charge < -0.3 is 29.7 Å². The van der Waals surface area contributed by atoms with Crippen LogP contribution in [-0.4, -0.2) is 75.5 Å². The molecular formula is C28H35N7O6. The summed E-state index contributed by atoms with van der Waals surface area (Å²) in [5.41, 5.74) is 19.8. The molecule has 0 aromatic heterocycles. The topological polar surface area (TPSA) is 197 Å². The van der Waals surface area contributed by atoms with Gasteiger partial charge in [0.15, 0.2) is 0 Å². The van der Waals surface area contributed by atoms with Gasteiger partial charge in [0, 0.05) is 22.3 Å². The van der Waals surface area contributed by atoms with E-state index in [0.717, 1.165) is 11.1 Å². The molecule has 9 atom stereocenters. The summed E-state index contributed by atoms with van der Waals surface area (Å²) in [5.74, 6) is -1.50. The van der Waals surface area contributed by atoms with Crippen LogP contribution in [0, 0.1) is 11.8 Å². The fourth-order valence-corrected chi connectivity index (χ4v) is 5.81. The number of azide groups is 2. The Bertz CT molecular complexity index is 1230. The lowest BCUT2D eigenvalue weighted by Crippen LogP contribution is -2.62. The van der Waals surface area contributed by atoms with Gasteiger partial charge in [0.1, 0.15) is 6.61 Å². The number of benzene rings is 2. The van der Waals surface area contributed by atoms with Crippen LogP contribution in [0.25, 0.3) is 20.9 Å². The fourth-order valence-electron chi connectivity index (χ4n) is 5.81. The smallest absolute Gasteiger partial charge is 0.410 e. The van der Waals surface area contributed by atoms with E-state index in [1.165, 1.54) is 0 Å². The lowest BCUT2D eigenvalue weighted by molar-refractivity contribution is -0.188. The van der Waals surface area contributed by atoms with Crippen molar-refractivity contribution in [1.82, 2.24) is 4.90 Å². The molecule has 1 saturated heterocycles. The van der Waals surface area contributed by atoms with E-state index in [-0.39, 0.29) is 19.7 Å². The van der Waals surface area contributed by atoms with Gasteiger partial charge in [-0.25, -0.2) is 4.79 Å². The Morgan fingerprint density at radius 3 is 2.22 bits per heavy atom. The van der Waals surface area contributed by atoms with Gasteiger partial charge in [-0.2, -0.15) is 0 Å². The first kappa shape index (κ1) is 30.1. The summed E-state index contributed by atoms with van der Waals surface area (Å²) in [6, 6.07) is 16.9. The van der Waals surface area contributed by atoms with E-state index in [1.807, 2.05) is 60.7 Å². The van der Waals surface area contributed by atoms with Crippen molar-refractivity contribution in [1.29, 1.82) is 0 Å². The minimum atomic E-state index is -1.54. The maximum atomic E-state index is 13.3. The highest BCUT2D eigenvalue weighted by Gasteiger charge is 2.52. The fraction of sp³-hybridized carbons (Fsp3) is 0.536. The number of carbonyl (C=O) groups is 1. The van der Waals surface area contributed by atoms with Crippen molar-refractivity contribution in [3.05, 3.63) is 92.7 Å². The molecule has 2 aromatic rings. The van der Waals surface area contributed by atoms with Crippen LogP contribution in [0.1, 0.15) is 30.9 Å². The molecule has 13 heteroatoms. The standard InChI is InChI=1S/C28H35N7O6/c1-17-22(25(37)26(38)23(24(17)36)32-34-30)27-21(31-33-29)13-12-20(41-27)15-35(14-18-8-4-2-5-9-18)28(39)40-16-19-10-6-3-7-11-19/h2-11,17,20-27,36-38H,12-16H2,1H3/t17-,20+,21?,22-,23?,24+,25+,26+,27?/m1/s1. The number of aliphatic hydroxyl groups excluding tert-OH is 3. The van der Waals surface area contributed by atoms with Crippen molar-refractivity contribution in [2.75, 3.05) is 6.54 Å². The molecule has 2 fully saturated rings. The van der Waals surface area contributed by atoms with Gasteiger partial charge in [0.25, 0.3) is 0 Å². The molecule has 1 saturated carbocycles. The lowest BCUT2D eigenvalue weighted by atomic mass is 9.68. The summed E-state index contributed by atoms with van der Waals surface area (Å²) < 4.78 is 12.0. The van der Waals surface area contributed by atoms with Crippen LogP contribution < -0.4 is 0 Å². The van der Waals surface area contributed by atoms with Crippen molar-refractivity contribution >= 4 is 6.09 Å². The largest absolute Gasteiger partial charge is 0.445 e. The SMILES string of the molecule is C[C@@H]1[C@@H](C2O[C@H](CN(Cc3ccccc3)C(=O)OCc3ccccc3)CCC2N=[N+]=[N-])[C@H](O)[C@@H](O)C(N=[N+]=[N-])[C@H]1O. The quantitative estimate of drug-likeness (QED) is 0.232. The average Bonchev–Trinajstić information content (AvgIpc) is 2.99. The van der Waals surface area contributed by atoms with E-state index in [1.54, 1.807) is 11.8 Å². The van der Waals surface area contributed by atoms with Gasteiger partial charge >= 0.3 is 6.09 Å². The first-order valence-corrected chi connectivity index (χ1v) is 13.6. The Kier molecular flexibility index (Phi) is 10.4. The molecule has 13 nitrogen and oxygen atoms in total. The highest BCUT2D eigenvalue weighted by atomic mass is 16.6. The Hall–Kier alpha value is -3.83. The van der Waals surface area contributed by atoms with Crippen LogP contribution in [-0.2, 0) is 22.6 Å². The summed E-state index contributed by atoms with van der Waals surface area (Å²) in [6.07, 6.45) is -5.26. The Labute approximate surface area is 237 Å². The number of rotatable bonds is 9. The summed E-state index contributed by atoms with van der Waals surface area (Å²) >= 11 is 0. The minimum Gasteiger partial charge on any atom is -0.445 e. The molecule has 1 aliphatic carbocycles. The number of hydrogen-bond acceptors (Lipinski definition) is 8. The second-order valence-electron chi connectivity index (χ2n) is 10.6. The Morgan fingerprint density at radius 2 is 1.59 bits per heavy atom. The number of nitrogens with zero attached hydrogens (tertiary/aromatic N) is 7. The molecule has 2 aliphatic rings. The predicted octanol–water partition coefficient (Wildman–Crippen LogP) is 4.08. The van der Waals surface area contributed by atoms with E-state index in [2.05, 4.69) is 20.1 Å². The number of aliphatic hydroxyl groups is 3. The summed E-state index contributed by atoms with van der Waals surface area (Å²) in [4.78, 5) is 20.5. The zero-order valence-corrected chi connectivity index (χ0v) is 22.7. The monoisotopic (exact) mass is 565 g/mol. The molecule has 1 amide bonds. The van der Waals surface area contributed by atoms with Crippen LogP contribution in [0.15, 0.2) is 70.9 Å². The van der Waals surface area contributed by atoms with E-state index in [0.29, 0.717) is 12.8 Å². The van der Waals surface area contributed by atoms with Crippen molar-refractivity contribution in [3.8, 4) is 0 Å². The first-order valence-electron chi connectivity index (χ1n) is 13.6. The zero-order valence-electron chi connectivity index (χ0n) is 22.7. The molecule has 1 aliphatic heterocycles. The molecule has 1 heterocycles. The molecule has 3 unspecified atom stereocenters. The summed E-state index contributed by atoms with van der Waals surface area (Å²) in [5, 5.41) is 39.9. The van der Waals surface area contributed by atoms with Crippen molar-refractivity contribution in [2.24, 2.45) is 22.1 Å². The van der Waals surface area contributed by atoms with E-state index < -0.39 is 60.5 Å². The number of amides is 1. The maximum Gasteiger partial charge on any atom is 0.410 e. The Morgan fingerprint density at radius 1 is 0.951 bits per heavy atom. The van der Waals surface area contributed by atoms with Gasteiger partial charge in [0.2, 0.25) is 0 Å². The predicted molar refractivity (Wildman–Crippen MR) is 148 cm³/mol. The third kappa shape index (κ3) is 7.28. The second kappa shape index (κ2) is 14.2. The van der Waals surface area contributed by atoms with Crippen molar-refractivity contribution < 1.29 is 29.6 Å². The highest BCUT2D eigenvalue weighted by Crippen LogP contribution is 2.40. The van der Waals surface area contributed by atoms with Gasteiger partial charge in [0.05, 0.1) is 49.1 Å². The Balaban J connectivity index is 1.54. The number of ether oxygens (including phenoxy) is 2. The second-order valence-corrected chi connectivity index (χ2v) is 10.6. The minimum absolute atomic E-state index is 0.103. The van der Waals surface area contributed by atoms with E-state index in [9.17, 15) is 25.6 Å². The van der Waals surface area contributed by atoms with E-state index in [4.69, 9.17) is 15.0 Å². The van der Waals surface area contributed by atoms with Crippen LogP contribution in [0.2, 0.25) is 0 Å². The van der Waals surface area contributed by atoms with Crippen molar-refractivity contribution in [2.45, 2.75) is 75.5 Å². The number of carbonyl (C=O) groups excluding carboxylic acids is 1. The average molecular weight is 566 g/mol. The normalized spacial score (nSPS) is 31.3. The van der Waals surface area contributed by atoms with Crippen LogP contribution in [0.5, 0.6) is 0 Å². The van der Waals surface area contributed by atoms with Gasteiger partial charge in [-0.1, -0.05) is 77.8 Å². The zero-order chi connectivity index (χ0) is 29.4. The van der Waals surface area contributed by atoms with Crippen LogP contribution in [0.4, 0.5) is 4.79 Å².